The summed E-state index contributed by atoms with van der Waals surface area (Å²) in [5, 5.41) is 6.46. The highest BCUT2D eigenvalue weighted by atomic mass is 35.5. The van der Waals surface area contributed by atoms with Crippen LogP contribution >= 0.6 is 12.4 Å². The van der Waals surface area contributed by atoms with Gasteiger partial charge in [-0.3, -0.25) is 14.7 Å². The van der Waals surface area contributed by atoms with Crippen LogP contribution in [0.3, 0.4) is 0 Å². The van der Waals surface area contributed by atoms with Crippen LogP contribution in [0, 0.1) is 5.92 Å². The number of anilines is 1. The summed E-state index contributed by atoms with van der Waals surface area (Å²) < 4.78 is 7.24. The topological polar surface area (TPSA) is 68.2 Å². The Morgan fingerprint density at radius 2 is 1.96 bits per heavy atom. The molecule has 0 radical (unpaired) electrons. The zero-order valence-electron chi connectivity index (χ0n) is 16.0. The second-order valence-electron chi connectivity index (χ2n) is 7.02. The molecule has 148 valence electrons. The quantitative estimate of drug-likeness (QED) is 0.699. The first kappa shape index (κ1) is 20.2. The van der Waals surface area contributed by atoms with Gasteiger partial charge in [-0.05, 0) is 62.7 Å². The van der Waals surface area contributed by atoms with Gasteiger partial charge in [0.15, 0.2) is 0 Å². The third-order valence-electron chi connectivity index (χ3n) is 5.12. The number of fused-ring (bicyclic) bond motifs is 1. The van der Waals surface area contributed by atoms with E-state index in [0.717, 1.165) is 41.9 Å². The first-order valence-electron chi connectivity index (χ1n) is 9.32. The standard InChI is InChI=1S/C21H24N4O2.ClH/c1-14-13-15(11-12-22-14)20(26)24-21-23-18-5-3-4-6-19(18)25(21)16-7-9-17(27-2)10-8-16;/h3-10,14-15,22H,11-13H2,1-2H3,(H,23,24,26);1H/t14-,15-;/m0./s1. The lowest BCUT2D eigenvalue weighted by molar-refractivity contribution is -0.120. The summed E-state index contributed by atoms with van der Waals surface area (Å²) in [6.45, 7) is 2.99. The molecule has 0 bridgehead atoms. The van der Waals surface area contributed by atoms with E-state index in [1.165, 1.54) is 0 Å². The van der Waals surface area contributed by atoms with Crippen molar-refractivity contribution in [3.63, 3.8) is 0 Å². The van der Waals surface area contributed by atoms with Crippen LogP contribution in [-0.2, 0) is 4.79 Å². The Morgan fingerprint density at radius 3 is 2.68 bits per heavy atom. The number of hydrogen-bond acceptors (Lipinski definition) is 4. The number of hydrogen-bond donors (Lipinski definition) is 2. The number of carbonyl (C=O) groups is 1. The first-order chi connectivity index (χ1) is 13.2. The molecule has 0 aliphatic carbocycles. The second kappa shape index (κ2) is 8.63. The maximum atomic E-state index is 12.9. The Hall–Kier alpha value is -2.57. The van der Waals surface area contributed by atoms with Gasteiger partial charge >= 0.3 is 0 Å². The number of ether oxygens (including phenoxy) is 1. The molecule has 2 heterocycles. The molecule has 6 nitrogen and oxygen atoms in total. The van der Waals surface area contributed by atoms with Gasteiger partial charge in [-0.25, -0.2) is 4.98 Å². The number of para-hydroxylation sites is 2. The van der Waals surface area contributed by atoms with E-state index in [1.54, 1.807) is 7.11 Å². The highest BCUT2D eigenvalue weighted by Gasteiger charge is 2.26. The molecule has 1 aromatic heterocycles. The number of halogens is 1. The van der Waals surface area contributed by atoms with Crippen molar-refractivity contribution in [2.75, 3.05) is 19.0 Å². The van der Waals surface area contributed by atoms with Gasteiger partial charge in [0.05, 0.1) is 18.1 Å². The number of nitrogens with zero attached hydrogens (tertiary/aromatic N) is 2. The van der Waals surface area contributed by atoms with Crippen molar-refractivity contribution < 1.29 is 9.53 Å². The molecule has 0 unspecified atom stereocenters. The molecule has 4 rings (SSSR count). The number of rotatable bonds is 4. The molecule has 0 spiro atoms. The van der Waals surface area contributed by atoms with E-state index in [0.29, 0.717) is 12.0 Å². The lowest BCUT2D eigenvalue weighted by Crippen LogP contribution is -2.40. The third kappa shape index (κ3) is 3.98. The van der Waals surface area contributed by atoms with E-state index in [2.05, 4.69) is 22.5 Å². The maximum absolute atomic E-state index is 12.9. The van der Waals surface area contributed by atoms with Crippen LogP contribution in [0.25, 0.3) is 16.7 Å². The Morgan fingerprint density at radius 1 is 1.21 bits per heavy atom. The molecular formula is C21H25ClN4O2. The van der Waals surface area contributed by atoms with E-state index in [-0.39, 0.29) is 24.2 Å². The Balaban J connectivity index is 0.00000225. The molecule has 1 amide bonds. The van der Waals surface area contributed by atoms with Gasteiger partial charge in [0.1, 0.15) is 5.75 Å². The molecule has 28 heavy (non-hydrogen) atoms. The predicted octanol–water partition coefficient (Wildman–Crippen LogP) is 3.78. The second-order valence-corrected chi connectivity index (χ2v) is 7.02. The Labute approximate surface area is 170 Å². The number of nitrogens with one attached hydrogen (secondary N) is 2. The highest BCUT2D eigenvalue weighted by molar-refractivity contribution is 5.94. The van der Waals surface area contributed by atoms with E-state index in [9.17, 15) is 4.79 Å². The Kier molecular flexibility index (Phi) is 6.21. The largest absolute Gasteiger partial charge is 0.497 e. The van der Waals surface area contributed by atoms with E-state index < -0.39 is 0 Å². The van der Waals surface area contributed by atoms with Crippen LogP contribution < -0.4 is 15.4 Å². The van der Waals surface area contributed by atoms with Crippen molar-refractivity contribution >= 4 is 35.3 Å². The van der Waals surface area contributed by atoms with Crippen molar-refractivity contribution in [3.8, 4) is 11.4 Å². The SMILES string of the molecule is COc1ccc(-n2c(NC(=O)[C@H]3CCN[C@@H](C)C3)nc3ccccc32)cc1.Cl. The molecule has 1 aliphatic heterocycles. The summed E-state index contributed by atoms with van der Waals surface area (Å²) in [5.41, 5.74) is 2.73. The normalized spacial score (nSPS) is 19.1. The van der Waals surface area contributed by atoms with E-state index >= 15 is 0 Å². The first-order valence-corrected chi connectivity index (χ1v) is 9.32. The van der Waals surface area contributed by atoms with Crippen LogP contribution in [0.4, 0.5) is 5.95 Å². The number of benzene rings is 2. The summed E-state index contributed by atoms with van der Waals surface area (Å²) in [5.74, 6) is 1.38. The molecule has 2 atom stereocenters. The minimum absolute atomic E-state index is 0. The van der Waals surface area contributed by atoms with Crippen LogP contribution in [0.1, 0.15) is 19.8 Å². The molecule has 7 heteroatoms. The van der Waals surface area contributed by atoms with Crippen LogP contribution in [0.15, 0.2) is 48.5 Å². The van der Waals surface area contributed by atoms with Crippen LogP contribution in [-0.4, -0.2) is 35.2 Å². The van der Waals surface area contributed by atoms with Gasteiger partial charge < -0.3 is 10.1 Å². The Bertz CT molecular complexity index is 955. The lowest BCUT2D eigenvalue weighted by atomic mass is 9.92. The van der Waals surface area contributed by atoms with Gasteiger partial charge in [0.2, 0.25) is 11.9 Å². The molecule has 3 aromatic rings. The fraction of sp³-hybridized carbons (Fsp3) is 0.333. The lowest BCUT2D eigenvalue weighted by Gasteiger charge is -2.27. The molecule has 0 saturated carbocycles. The third-order valence-corrected chi connectivity index (χ3v) is 5.12. The average Bonchev–Trinajstić information content (AvgIpc) is 3.06. The molecule has 2 aromatic carbocycles. The van der Waals surface area contributed by atoms with Crippen molar-refractivity contribution in [1.82, 2.24) is 14.9 Å². The number of piperidine rings is 1. The van der Waals surface area contributed by atoms with Crippen LogP contribution in [0.2, 0.25) is 0 Å². The summed E-state index contributed by atoms with van der Waals surface area (Å²) in [6, 6.07) is 16.0. The van der Waals surface area contributed by atoms with Crippen molar-refractivity contribution in [3.05, 3.63) is 48.5 Å². The molecule has 2 N–H and O–H groups in total. The van der Waals surface area contributed by atoms with E-state index in [4.69, 9.17) is 4.74 Å². The highest BCUT2D eigenvalue weighted by Crippen LogP contribution is 2.27. The predicted molar refractivity (Wildman–Crippen MR) is 114 cm³/mol. The average molecular weight is 401 g/mol. The minimum atomic E-state index is 0. The minimum Gasteiger partial charge on any atom is -0.497 e. The number of aromatic nitrogens is 2. The fourth-order valence-corrected chi connectivity index (χ4v) is 3.68. The molecule has 1 aliphatic rings. The number of carbonyl (C=O) groups excluding carboxylic acids is 1. The number of amides is 1. The zero-order valence-corrected chi connectivity index (χ0v) is 16.8. The van der Waals surface area contributed by atoms with E-state index in [1.807, 2.05) is 53.1 Å². The summed E-state index contributed by atoms with van der Waals surface area (Å²) >= 11 is 0. The van der Waals surface area contributed by atoms with Crippen molar-refractivity contribution in [2.24, 2.45) is 5.92 Å². The summed E-state index contributed by atoms with van der Waals surface area (Å²) in [4.78, 5) is 17.5. The zero-order chi connectivity index (χ0) is 18.8. The summed E-state index contributed by atoms with van der Waals surface area (Å²) in [6.07, 6.45) is 1.69. The van der Waals surface area contributed by atoms with Gasteiger partial charge in [-0.15, -0.1) is 12.4 Å². The molecule has 1 fully saturated rings. The van der Waals surface area contributed by atoms with Gasteiger partial charge in [-0.2, -0.15) is 0 Å². The maximum Gasteiger partial charge on any atom is 0.229 e. The monoisotopic (exact) mass is 400 g/mol. The van der Waals surface area contributed by atoms with Crippen LogP contribution in [0.5, 0.6) is 5.75 Å². The summed E-state index contributed by atoms with van der Waals surface area (Å²) in [7, 11) is 1.65. The number of imidazole rings is 1. The fourth-order valence-electron chi connectivity index (χ4n) is 3.68. The molecule has 1 saturated heterocycles. The smallest absolute Gasteiger partial charge is 0.229 e. The van der Waals surface area contributed by atoms with Gasteiger partial charge in [-0.1, -0.05) is 12.1 Å². The van der Waals surface area contributed by atoms with Crippen molar-refractivity contribution in [1.29, 1.82) is 0 Å². The van der Waals surface area contributed by atoms with Crippen molar-refractivity contribution in [2.45, 2.75) is 25.8 Å². The molecular weight excluding hydrogens is 376 g/mol. The van der Waals surface area contributed by atoms with Gasteiger partial charge in [0.25, 0.3) is 0 Å². The van der Waals surface area contributed by atoms with Gasteiger partial charge in [0, 0.05) is 17.6 Å². The number of methoxy groups -OCH3 is 1.